The highest BCUT2D eigenvalue weighted by Gasteiger charge is 2.51. The zero-order valence-corrected chi connectivity index (χ0v) is 32.5. The predicted octanol–water partition coefficient (Wildman–Crippen LogP) is 8.73. The second kappa shape index (κ2) is 16.2. The molecule has 7 nitrogen and oxygen atoms in total. The Bertz CT molecular complexity index is 1170. The standard InChI is InChI=1S/C36H62O7SSi2/c1-8-45(9-2,10-3)42-33-25-34(43-46(11-4,12-5)13-6)32(26-44(37,38)30-21-17-16-18-22-30)31(33)23-19-14-15-20-24-36-39-27-35(7,28-40-36)29-41-36/h14,16-19,21-22,31-34H,8-13,15,20,23-29H2,1-7H3. The van der Waals surface area contributed by atoms with E-state index < -0.39 is 32.4 Å². The Balaban J connectivity index is 1.56. The summed E-state index contributed by atoms with van der Waals surface area (Å²) in [4.78, 5) is 0.397. The van der Waals surface area contributed by atoms with Gasteiger partial charge in [-0.15, -0.1) is 0 Å². The van der Waals surface area contributed by atoms with Crippen LogP contribution in [-0.4, -0.2) is 68.8 Å². The van der Waals surface area contributed by atoms with E-state index in [1.54, 1.807) is 12.1 Å². The molecule has 4 atom stereocenters. The summed E-state index contributed by atoms with van der Waals surface area (Å²) < 4.78 is 60.2. The predicted molar refractivity (Wildman–Crippen MR) is 191 cm³/mol. The molecule has 4 fully saturated rings. The van der Waals surface area contributed by atoms with Gasteiger partial charge in [-0.2, -0.15) is 0 Å². The Morgan fingerprint density at radius 1 is 0.783 bits per heavy atom. The number of hydrogen-bond acceptors (Lipinski definition) is 7. The van der Waals surface area contributed by atoms with Gasteiger partial charge in [0.2, 0.25) is 0 Å². The van der Waals surface area contributed by atoms with Gasteiger partial charge in [-0.25, -0.2) is 8.42 Å². The maximum atomic E-state index is 13.9. The van der Waals surface area contributed by atoms with Crippen LogP contribution in [-0.2, 0) is 32.9 Å². The fourth-order valence-electron chi connectivity index (χ4n) is 7.70. The van der Waals surface area contributed by atoms with Crippen molar-refractivity contribution in [3.05, 3.63) is 42.5 Å². The molecule has 4 unspecified atom stereocenters. The van der Waals surface area contributed by atoms with Crippen molar-refractivity contribution in [2.45, 2.75) is 140 Å². The quantitative estimate of drug-likeness (QED) is 0.0814. The summed E-state index contributed by atoms with van der Waals surface area (Å²) in [5.74, 6) is -0.841. The summed E-state index contributed by atoms with van der Waals surface area (Å²) in [7, 11) is -7.44. The molecule has 2 bridgehead atoms. The van der Waals surface area contributed by atoms with E-state index >= 15 is 0 Å². The van der Waals surface area contributed by atoms with Crippen molar-refractivity contribution in [3.8, 4) is 0 Å². The van der Waals surface area contributed by atoms with Gasteiger partial charge in [0.25, 0.3) is 5.97 Å². The molecule has 1 saturated carbocycles. The van der Waals surface area contributed by atoms with Crippen molar-refractivity contribution >= 4 is 26.5 Å². The number of sulfone groups is 1. The van der Waals surface area contributed by atoms with Gasteiger partial charge in [-0.1, -0.05) is 78.8 Å². The van der Waals surface area contributed by atoms with Crippen molar-refractivity contribution < 1.29 is 31.5 Å². The Labute approximate surface area is 282 Å². The average Bonchev–Trinajstić information content (AvgIpc) is 3.38. The Morgan fingerprint density at radius 3 is 1.78 bits per heavy atom. The van der Waals surface area contributed by atoms with E-state index in [9.17, 15) is 8.42 Å². The maximum absolute atomic E-state index is 13.9. The Morgan fingerprint density at radius 2 is 1.28 bits per heavy atom. The third kappa shape index (κ3) is 8.83. The first-order valence-corrected chi connectivity index (χ1v) is 24.9. The third-order valence-electron chi connectivity index (χ3n) is 11.5. The number of benzene rings is 1. The molecule has 3 aliphatic heterocycles. The van der Waals surface area contributed by atoms with Crippen LogP contribution in [0.25, 0.3) is 0 Å². The van der Waals surface area contributed by atoms with E-state index in [0.717, 1.165) is 61.9 Å². The van der Waals surface area contributed by atoms with E-state index in [2.05, 4.69) is 60.6 Å². The SMILES string of the molecule is CC[Si](CC)(CC)OC1CC(O[Si](CC)(CC)CC)C(CS(=O)(=O)c2ccccc2)C1CC=CCCCC12OCC(C)(CO1)CO2. The number of rotatable bonds is 19. The zero-order valence-electron chi connectivity index (χ0n) is 29.7. The highest BCUT2D eigenvalue weighted by atomic mass is 32.2. The number of allylic oxidation sites excluding steroid dienone is 2. The van der Waals surface area contributed by atoms with Gasteiger partial charge in [0.05, 0.1) is 42.7 Å². The molecule has 0 amide bonds. The van der Waals surface area contributed by atoms with Gasteiger partial charge in [-0.05, 0) is 80.0 Å². The van der Waals surface area contributed by atoms with E-state index in [0.29, 0.717) is 31.1 Å². The Kier molecular flexibility index (Phi) is 13.4. The fourth-order valence-corrected chi connectivity index (χ4v) is 15.3. The highest BCUT2D eigenvalue weighted by Crippen LogP contribution is 2.45. The first-order valence-electron chi connectivity index (χ1n) is 18.2. The molecule has 5 rings (SSSR count). The van der Waals surface area contributed by atoms with Crippen LogP contribution in [0.5, 0.6) is 0 Å². The number of ether oxygens (including phenoxy) is 3. The van der Waals surface area contributed by atoms with Crippen LogP contribution in [0, 0.1) is 17.3 Å². The molecule has 46 heavy (non-hydrogen) atoms. The van der Waals surface area contributed by atoms with Crippen molar-refractivity contribution in [3.63, 3.8) is 0 Å². The first-order chi connectivity index (χ1) is 22.0. The molecule has 262 valence electrons. The lowest BCUT2D eigenvalue weighted by atomic mass is 9.91. The summed E-state index contributed by atoms with van der Waals surface area (Å²) in [5, 5.41) is 0. The molecule has 10 heteroatoms. The second-order valence-corrected chi connectivity index (χ2v) is 25.9. The van der Waals surface area contributed by atoms with Crippen LogP contribution < -0.4 is 0 Å². The number of fused-ring (bicyclic) bond motifs is 3. The van der Waals surface area contributed by atoms with Crippen molar-refractivity contribution in [2.24, 2.45) is 17.3 Å². The number of unbranched alkanes of at least 4 members (excludes halogenated alkanes) is 1. The fraction of sp³-hybridized carbons (Fsp3) is 0.778. The van der Waals surface area contributed by atoms with E-state index in [-0.39, 0.29) is 35.2 Å². The van der Waals surface area contributed by atoms with Crippen molar-refractivity contribution in [2.75, 3.05) is 25.6 Å². The summed E-state index contributed by atoms with van der Waals surface area (Å²) in [5.41, 5.74) is -0.0328. The molecule has 1 aromatic carbocycles. The molecule has 3 heterocycles. The van der Waals surface area contributed by atoms with Crippen LogP contribution in [0.2, 0.25) is 36.3 Å². The topological polar surface area (TPSA) is 80.3 Å². The lowest BCUT2D eigenvalue weighted by Crippen LogP contribution is -2.58. The zero-order chi connectivity index (χ0) is 33.5. The molecule has 0 aromatic heterocycles. The van der Waals surface area contributed by atoms with Gasteiger partial charge in [0.15, 0.2) is 26.5 Å². The molecule has 0 N–H and O–H groups in total. The summed E-state index contributed by atoms with van der Waals surface area (Å²) in [6.07, 6.45) is 8.44. The highest BCUT2D eigenvalue weighted by molar-refractivity contribution is 7.91. The van der Waals surface area contributed by atoms with Crippen LogP contribution in [0.15, 0.2) is 47.4 Å². The molecule has 1 aliphatic carbocycles. The van der Waals surface area contributed by atoms with Crippen molar-refractivity contribution in [1.82, 2.24) is 0 Å². The van der Waals surface area contributed by atoms with Crippen LogP contribution in [0.3, 0.4) is 0 Å². The number of hydrogen-bond donors (Lipinski definition) is 0. The van der Waals surface area contributed by atoms with Gasteiger partial charge in [0, 0.05) is 17.8 Å². The van der Waals surface area contributed by atoms with Gasteiger partial charge < -0.3 is 23.1 Å². The van der Waals surface area contributed by atoms with E-state index in [1.807, 2.05) is 18.2 Å². The molecular formula is C36H62O7SSi2. The molecule has 3 saturated heterocycles. The van der Waals surface area contributed by atoms with E-state index in [1.165, 1.54) is 0 Å². The smallest absolute Gasteiger partial charge is 0.282 e. The molecule has 4 aliphatic rings. The normalized spacial score (nSPS) is 30.4. The monoisotopic (exact) mass is 694 g/mol. The van der Waals surface area contributed by atoms with Gasteiger partial charge in [-0.3, -0.25) is 0 Å². The van der Waals surface area contributed by atoms with Gasteiger partial charge in [0.1, 0.15) is 0 Å². The second-order valence-electron chi connectivity index (χ2n) is 14.4. The first kappa shape index (κ1) is 38.0. The lowest BCUT2D eigenvalue weighted by molar-refractivity contribution is -0.467. The largest absolute Gasteiger partial charge is 0.414 e. The van der Waals surface area contributed by atoms with Crippen molar-refractivity contribution in [1.29, 1.82) is 0 Å². The maximum Gasteiger partial charge on any atom is 0.282 e. The third-order valence-corrected chi connectivity index (χ3v) is 22.7. The molecule has 0 spiro atoms. The molecule has 1 aromatic rings. The summed E-state index contributed by atoms with van der Waals surface area (Å²) in [6.45, 7) is 17.7. The molecule has 0 radical (unpaired) electrons. The van der Waals surface area contributed by atoms with Gasteiger partial charge >= 0.3 is 0 Å². The average molecular weight is 695 g/mol. The summed E-state index contributed by atoms with van der Waals surface area (Å²) >= 11 is 0. The molecular weight excluding hydrogens is 633 g/mol. The minimum atomic E-state index is -3.51. The van der Waals surface area contributed by atoms with Crippen LogP contribution >= 0.6 is 0 Å². The summed E-state index contributed by atoms with van der Waals surface area (Å²) in [6, 6.07) is 15.3. The minimum absolute atomic E-state index is 0.00212. The lowest BCUT2D eigenvalue weighted by Gasteiger charge is -2.50. The minimum Gasteiger partial charge on any atom is -0.414 e. The van der Waals surface area contributed by atoms with Crippen LogP contribution in [0.1, 0.15) is 80.6 Å². The van der Waals surface area contributed by atoms with Crippen LogP contribution in [0.4, 0.5) is 0 Å². The Hall–Kier alpha value is -0.856. The van der Waals surface area contributed by atoms with E-state index in [4.69, 9.17) is 23.1 Å².